The third-order valence-corrected chi connectivity index (χ3v) is 3.49. The van der Waals surface area contributed by atoms with E-state index in [1.54, 1.807) is 0 Å². The number of carbonyl (C=O) groups is 1. The van der Waals surface area contributed by atoms with E-state index in [4.69, 9.17) is 11.6 Å². The number of nitrogens with one attached hydrogen (secondary N) is 1. The quantitative estimate of drug-likeness (QED) is 0.831. The number of alkyl halides is 1. The maximum atomic E-state index is 12.1. The van der Waals surface area contributed by atoms with E-state index < -0.39 is 0 Å². The van der Waals surface area contributed by atoms with Crippen LogP contribution < -0.4 is 5.32 Å². The molecule has 0 aromatic heterocycles. The van der Waals surface area contributed by atoms with Crippen molar-refractivity contribution in [2.24, 2.45) is 0 Å². The highest BCUT2D eigenvalue weighted by Crippen LogP contribution is 2.19. The van der Waals surface area contributed by atoms with Gasteiger partial charge >= 0.3 is 0 Å². The fraction of sp³-hybridized carbons (Fsp3) is 0.353. The minimum absolute atomic E-state index is 0.0474. The van der Waals surface area contributed by atoms with Crippen molar-refractivity contribution in [1.29, 1.82) is 0 Å². The molecule has 20 heavy (non-hydrogen) atoms. The molecule has 0 aliphatic heterocycles. The molecule has 0 bridgehead atoms. The first-order valence-electron chi connectivity index (χ1n) is 6.96. The highest BCUT2D eigenvalue weighted by atomic mass is 35.5. The van der Waals surface area contributed by atoms with Crippen LogP contribution in [0.15, 0.2) is 42.5 Å². The van der Waals surface area contributed by atoms with Crippen LogP contribution in [-0.2, 0) is 11.2 Å². The Morgan fingerprint density at radius 1 is 1.15 bits per heavy atom. The smallest absolute Gasteiger partial charge is 0.224 e. The van der Waals surface area contributed by atoms with Crippen LogP contribution in [0, 0.1) is 0 Å². The number of carbonyl (C=O) groups excluding carboxylic acids is 1. The van der Waals surface area contributed by atoms with Gasteiger partial charge in [0, 0.05) is 11.4 Å². The Balaban J connectivity index is 2.06. The molecule has 0 radical (unpaired) electrons. The molecule has 0 heterocycles. The molecule has 0 fully saturated rings. The van der Waals surface area contributed by atoms with Crippen LogP contribution in [0.2, 0.25) is 0 Å². The van der Waals surface area contributed by atoms with Crippen molar-refractivity contribution in [3.05, 3.63) is 48.0 Å². The Morgan fingerprint density at radius 2 is 1.85 bits per heavy atom. The highest BCUT2D eigenvalue weighted by molar-refractivity contribution is 6.20. The minimum atomic E-state index is 0.0474. The molecule has 106 valence electrons. The van der Waals surface area contributed by atoms with E-state index in [0.717, 1.165) is 17.4 Å². The Bertz CT molecular complexity index is 589. The first-order valence-corrected chi connectivity index (χ1v) is 7.40. The third kappa shape index (κ3) is 3.97. The summed E-state index contributed by atoms with van der Waals surface area (Å²) in [5, 5.41) is 5.38. The first kappa shape index (κ1) is 14.9. The van der Waals surface area contributed by atoms with Gasteiger partial charge in [-0.05, 0) is 36.6 Å². The predicted octanol–water partition coefficient (Wildman–Crippen LogP) is 3.90. The van der Waals surface area contributed by atoms with Crippen LogP contribution in [0.4, 0.5) is 0 Å². The number of hydrogen-bond acceptors (Lipinski definition) is 1. The standard InChI is InChI=1S/C17H20ClNO/c1-12(18)10-13(2)19-17(20)11-15-8-5-7-14-6-3-4-9-16(14)15/h3-9,12-13H,10-11H2,1-2H3,(H,19,20). The zero-order chi connectivity index (χ0) is 14.5. The molecule has 0 saturated carbocycles. The SMILES string of the molecule is CC(Cl)CC(C)NC(=O)Cc1cccc2ccccc12. The summed E-state index contributed by atoms with van der Waals surface area (Å²) in [5.74, 6) is 0.0474. The second-order valence-corrected chi connectivity index (χ2v) is 6.05. The summed E-state index contributed by atoms with van der Waals surface area (Å²) in [7, 11) is 0. The molecule has 0 aliphatic carbocycles. The van der Waals surface area contributed by atoms with Crippen LogP contribution in [0.25, 0.3) is 10.8 Å². The Hall–Kier alpha value is -1.54. The highest BCUT2D eigenvalue weighted by Gasteiger charge is 2.11. The molecular weight excluding hydrogens is 270 g/mol. The van der Waals surface area contributed by atoms with Crippen molar-refractivity contribution >= 4 is 28.3 Å². The van der Waals surface area contributed by atoms with Crippen molar-refractivity contribution in [1.82, 2.24) is 5.32 Å². The second kappa shape index (κ2) is 6.76. The van der Waals surface area contributed by atoms with Crippen LogP contribution >= 0.6 is 11.6 Å². The summed E-state index contributed by atoms with van der Waals surface area (Å²) < 4.78 is 0. The van der Waals surface area contributed by atoms with Crippen molar-refractivity contribution in [2.45, 2.75) is 38.1 Å². The largest absolute Gasteiger partial charge is 0.353 e. The molecule has 2 aromatic carbocycles. The summed E-state index contributed by atoms with van der Waals surface area (Å²) in [6.45, 7) is 3.93. The number of rotatable bonds is 5. The van der Waals surface area contributed by atoms with Gasteiger partial charge in [0.05, 0.1) is 6.42 Å². The number of amides is 1. The van der Waals surface area contributed by atoms with Gasteiger partial charge in [-0.15, -0.1) is 11.6 Å². The van der Waals surface area contributed by atoms with Gasteiger partial charge in [-0.25, -0.2) is 0 Å². The first-order chi connectivity index (χ1) is 9.56. The molecule has 2 aromatic rings. The predicted molar refractivity (Wildman–Crippen MR) is 85.2 cm³/mol. The maximum Gasteiger partial charge on any atom is 0.224 e. The summed E-state index contributed by atoms with van der Waals surface area (Å²) in [6, 6.07) is 14.3. The zero-order valence-electron chi connectivity index (χ0n) is 11.9. The molecule has 0 aliphatic rings. The van der Waals surface area contributed by atoms with Crippen molar-refractivity contribution in [3.8, 4) is 0 Å². The lowest BCUT2D eigenvalue weighted by molar-refractivity contribution is -0.121. The van der Waals surface area contributed by atoms with E-state index in [1.807, 2.05) is 38.1 Å². The van der Waals surface area contributed by atoms with Crippen molar-refractivity contribution < 1.29 is 4.79 Å². The Morgan fingerprint density at radius 3 is 2.60 bits per heavy atom. The van der Waals surface area contributed by atoms with Gasteiger partial charge in [0.1, 0.15) is 0 Å². The average Bonchev–Trinajstić information content (AvgIpc) is 2.38. The Kier molecular flexibility index (Phi) is 5.02. The monoisotopic (exact) mass is 289 g/mol. The fourth-order valence-corrected chi connectivity index (χ4v) is 2.76. The van der Waals surface area contributed by atoms with Crippen molar-refractivity contribution in [3.63, 3.8) is 0 Å². The molecule has 3 heteroatoms. The molecule has 2 unspecified atom stereocenters. The molecular formula is C17H20ClNO. The maximum absolute atomic E-state index is 12.1. The van der Waals surface area contributed by atoms with Crippen LogP contribution in [0.3, 0.4) is 0 Å². The zero-order valence-corrected chi connectivity index (χ0v) is 12.7. The van der Waals surface area contributed by atoms with E-state index in [9.17, 15) is 4.79 Å². The topological polar surface area (TPSA) is 29.1 Å². The molecule has 1 N–H and O–H groups in total. The molecule has 0 spiro atoms. The molecule has 2 rings (SSSR count). The molecule has 1 amide bonds. The van der Waals surface area contributed by atoms with E-state index in [2.05, 4.69) is 23.5 Å². The lowest BCUT2D eigenvalue weighted by Crippen LogP contribution is -2.35. The van der Waals surface area contributed by atoms with Gasteiger partial charge < -0.3 is 5.32 Å². The number of fused-ring (bicyclic) bond motifs is 1. The third-order valence-electron chi connectivity index (χ3n) is 3.32. The van der Waals surface area contributed by atoms with Gasteiger partial charge in [-0.2, -0.15) is 0 Å². The average molecular weight is 290 g/mol. The van der Waals surface area contributed by atoms with Crippen LogP contribution in [-0.4, -0.2) is 17.3 Å². The van der Waals surface area contributed by atoms with E-state index in [1.165, 1.54) is 5.39 Å². The second-order valence-electron chi connectivity index (χ2n) is 5.30. The minimum Gasteiger partial charge on any atom is -0.353 e. The lowest BCUT2D eigenvalue weighted by atomic mass is 10.0. The van der Waals surface area contributed by atoms with E-state index >= 15 is 0 Å². The van der Waals surface area contributed by atoms with E-state index in [0.29, 0.717) is 6.42 Å². The summed E-state index contributed by atoms with van der Waals surface area (Å²) >= 11 is 5.94. The van der Waals surface area contributed by atoms with Crippen LogP contribution in [0.1, 0.15) is 25.8 Å². The normalized spacial score (nSPS) is 13.9. The lowest BCUT2D eigenvalue weighted by Gasteiger charge is -2.15. The number of hydrogen-bond donors (Lipinski definition) is 1. The molecule has 2 atom stereocenters. The van der Waals surface area contributed by atoms with Gasteiger partial charge in [0.15, 0.2) is 0 Å². The van der Waals surface area contributed by atoms with E-state index in [-0.39, 0.29) is 17.3 Å². The number of benzene rings is 2. The van der Waals surface area contributed by atoms with Crippen molar-refractivity contribution in [2.75, 3.05) is 0 Å². The van der Waals surface area contributed by atoms with Gasteiger partial charge in [0.25, 0.3) is 0 Å². The van der Waals surface area contributed by atoms with Gasteiger partial charge in [-0.3, -0.25) is 4.79 Å². The van der Waals surface area contributed by atoms with Gasteiger partial charge in [0.2, 0.25) is 5.91 Å². The van der Waals surface area contributed by atoms with Gasteiger partial charge in [-0.1, -0.05) is 42.5 Å². The summed E-state index contributed by atoms with van der Waals surface area (Å²) in [5.41, 5.74) is 1.06. The molecule has 0 saturated heterocycles. The Labute approximate surface area is 125 Å². The summed E-state index contributed by atoms with van der Waals surface area (Å²) in [6.07, 6.45) is 1.19. The fourth-order valence-electron chi connectivity index (χ4n) is 2.49. The summed E-state index contributed by atoms with van der Waals surface area (Å²) in [4.78, 5) is 12.1. The molecule has 2 nitrogen and oxygen atoms in total. The van der Waals surface area contributed by atoms with Crippen LogP contribution in [0.5, 0.6) is 0 Å². The number of halogens is 1.